The third-order valence-corrected chi connectivity index (χ3v) is 3.32. The van der Waals surface area contributed by atoms with Crippen LogP contribution in [-0.4, -0.2) is 41.8 Å². The van der Waals surface area contributed by atoms with Crippen LogP contribution in [0, 0.1) is 5.92 Å². The summed E-state index contributed by atoms with van der Waals surface area (Å²) in [5, 5.41) is 11.7. The normalized spacial score (nSPS) is 22.2. The van der Waals surface area contributed by atoms with Gasteiger partial charge in [0.2, 0.25) is 0 Å². The van der Waals surface area contributed by atoms with Gasteiger partial charge in [-0.2, -0.15) is 0 Å². The molecule has 2 amide bonds. The lowest BCUT2D eigenvalue weighted by Crippen LogP contribution is -2.42. The van der Waals surface area contributed by atoms with Crippen molar-refractivity contribution in [3.8, 4) is 0 Å². The smallest absolute Gasteiger partial charge is 0.317 e. The van der Waals surface area contributed by atoms with Crippen molar-refractivity contribution in [3.63, 3.8) is 0 Å². The molecular formula is C12H24N2O2. The van der Waals surface area contributed by atoms with Crippen molar-refractivity contribution in [1.29, 1.82) is 0 Å². The van der Waals surface area contributed by atoms with Crippen molar-refractivity contribution in [2.24, 2.45) is 5.92 Å². The molecule has 1 aliphatic rings. The van der Waals surface area contributed by atoms with Crippen molar-refractivity contribution >= 4 is 6.03 Å². The van der Waals surface area contributed by atoms with E-state index in [9.17, 15) is 4.79 Å². The van der Waals surface area contributed by atoms with E-state index in [0.29, 0.717) is 5.92 Å². The first-order valence-electron chi connectivity index (χ1n) is 6.33. The molecule has 1 rings (SSSR count). The number of carbonyl (C=O) groups is 1. The second kappa shape index (κ2) is 6.74. The zero-order valence-electron chi connectivity index (χ0n) is 10.4. The summed E-state index contributed by atoms with van der Waals surface area (Å²) >= 11 is 0. The SMILES string of the molecule is CCC1CCN(C(=O)NC(C)CCCO)C1. The van der Waals surface area contributed by atoms with E-state index in [0.717, 1.165) is 38.8 Å². The number of hydrogen-bond acceptors (Lipinski definition) is 2. The highest BCUT2D eigenvalue weighted by Crippen LogP contribution is 2.18. The maximum atomic E-state index is 11.8. The van der Waals surface area contributed by atoms with Gasteiger partial charge in [-0.15, -0.1) is 0 Å². The molecule has 1 saturated heterocycles. The van der Waals surface area contributed by atoms with Crippen LogP contribution in [0.15, 0.2) is 0 Å². The van der Waals surface area contributed by atoms with E-state index in [2.05, 4.69) is 12.2 Å². The number of aliphatic hydroxyl groups excluding tert-OH is 1. The molecule has 94 valence electrons. The average molecular weight is 228 g/mol. The van der Waals surface area contributed by atoms with Crippen LogP contribution < -0.4 is 5.32 Å². The summed E-state index contributed by atoms with van der Waals surface area (Å²) in [6.45, 7) is 6.14. The number of urea groups is 1. The van der Waals surface area contributed by atoms with Gasteiger partial charge in [-0.3, -0.25) is 0 Å². The number of carbonyl (C=O) groups excluding carboxylic acids is 1. The van der Waals surface area contributed by atoms with Crippen LogP contribution in [0.3, 0.4) is 0 Å². The van der Waals surface area contributed by atoms with E-state index >= 15 is 0 Å². The number of aliphatic hydroxyl groups is 1. The Kier molecular flexibility index (Phi) is 5.60. The third-order valence-electron chi connectivity index (χ3n) is 3.32. The molecule has 1 fully saturated rings. The third kappa shape index (κ3) is 4.00. The first-order chi connectivity index (χ1) is 7.67. The Bertz CT molecular complexity index is 221. The van der Waals surface area contributed by atoms with Gasteiger partial charge in [-0.1, -0.05) is 13.3 Å². The highest BCUT2D eigenvalue weighted by Gasteiger charge is 2.25. The van der Waals surface area contributed by atoms with Crippen molar-refractivity contribution in [2.45, 2.75) is 45.6 Å². The van der Waals surface area contributed by atoms with E-state index in [1.165, 1.54) is 0 Å². The molecule has 0 bridgehead atoms. The standard InChI is InChI=1S/C12H24N2O2/c1-3-11-6-7-14(9-11)12(16)13-10(2)5-4-8-15/h10-11,15H,3-9H2,1-2H3,(H,13,16). The van der Waals surface area contributed by atoms with Crippen molar-refractivity contribution < 1.29 is 9.90 Å². The lowest BCUT2D eigenvalue weighted by molar-refractivity contribution is 0.201. The highest BCUT2D eigenvalue weighted by atomic mass is 16.3. The van der Waals surface area contributed by atoms with Crippen molar-refractivity contribution in [3.05, 3.63) is 0 Å². The maximum Gasteiger partial charge on any atom is 0.317 e. The molecule has 0 radical (unpaired) electrons. The summed E-state index contributed by atoms with van der Waals surface area (Å²) in [6, 6.07) is 0.210. The van der Waals surface area contributed by atoms with E-state index in [4.69, 9.17) is 5.11 Å². The molecule has 0 aromatic rings. The molecule has 4 heteroatoms. The monoisotopic (exact) mass is 228 g/mol. The van der Waals surface area contributed by atoms with Crippen LogP contribution in [0.2, 0.25) is 0 Å². The van der Waals surface area contributed by atoms with Gasteiger partial charge in [0.15, 0.2) is 0 Å². The number of nitrogens with one attached hydrogen (secondary N) is 1. The van der Waals surface area contributed by atoms with Crippen LogP contribution in [0.1, 0.15) is 39.5 Å². The summed E-state index contributed by atoms with van der Waals surface area (Å²) in [4.78, 5) is 13.7. The molecule has 2 atom stereocenters. The van der Waals surface area contributed by atoms with Gasteiger partial charge < -0.3 is 15.3 Å². The highest BCUT2D eigenvalue weighted by molar-refractivity contribution is 5.74. The van der Waals surface area contributed by atoms with Crippen LogP contribution in [0.5, 0.6) is 0 Å². The predicted molar refractivity (Wildman–Crippen MR) is 64.3 cm³/mol. The predicted octanol–water partition coefficient (Wildman–Crippen LogP) is 1.59. The van der Waals surface area contributed by atoms with E-state index < -0.39 is 0 Å². The van der Waals surface area contributed by atoms with Gasteiger partial charge in [0, 0.05) is 25.7 Å². The van der Waals surface area contributed by atoms with Gasteiger partial charge in [-0.05, 0) is 32.1 Å². The van der Waals surface area contributed by atoms with Crippen LogP contribution >= 0.6 is 0 Å². The molecule has 4 nitrogen and oxygen atoms in total. The Balaban J connectivity index is 2.24. The lowest BCUT2D eigenvalue weighted by Gasteiger charge is -2.20. The van der Waals surface area contributed by atoms with E-state index in [-0.39, 0.29) is 18.7 Å². The Hall–Kier alpha value is -0.770. The summed E-state index contributed by atoms with van der Waals surface area (Å²) in [5.41, 5.74) is 0. The van der Waals surface area contributed by atoms with Crippen molar-refractivity contribution in [1.82, 2.24) is 10.2 Å². The summed E-state index contributed by atoms with van der Waals surface area (Å²) in [5.74, 6) is 0.679. The first-order valence-corrected chi connectivity index (χ1v) is 6.33. The zero-order chi connectivity index (χ0) is 12.0. The molecule has 1 aliphatic heterocycles. The molecule has 2 unspecified atom stereocenters. The summed E-state index contributed by atoms with van der Waals surface area (Å²) < 4.78 is 0. The van der Waals surface area contributed by atoms with Crippen LogP contribution in [-0.2, 0) is 0 Å². The van der Waals surface area contributed by atoms with Gasteiger partial charge in [0.1, 0.15) is 0 Å². The van der Waals surface area contributed by atoms with Crippen molar-refractivity contribution in [2.75, 3.05) is 19.7 Å². The molecule has 0 spiro atoms. The molecular weight excluding hydrogens is 204 g/mol. The van der Waals surface area contributed by atoms with E-state index in [1.54, 1.807) is 0 Å². The minimum absolute atomic E-state index is 0.0568. The fourth-order valence-electron chi connectivity index (χ4n) is 2.12. The number of likely N-dealkylation sites (tertiary alicyclic amines) is 1. The Morgan fingerprint density at radius 3 is 2.94 bits per heavy atom. The summed E-state index contributed by atoms with van der Waals surface area (Å²) in [6.07, 6.45) is 3.88. The van der Waals surface area contributed by atoms with Gasteiger partial charge in [0.05, 0.1) is 0 Å². The quantitative estimate of drug-likeness (QED) is 0.751. The second-order valence-corrected chi connectivity index (χ2v) is 4.73. The topological polar surface area (TPSA) is 52.6 Å². The molecule has 0 aromatic heterocycles. The first kappa shape index (κ1) is 13.3. The molecule has 0 saturated carbocycles. The molecule has 1 heterocycles. The Labute approximate surface area is 98.0 Å². The van der Waals surface area contributed by atoms with E-state index in [1.807, 2.05) is 11.8 Å². The summed E-state index contributed by atoms with van der Waals surface area (Å²) in [7, 11) is 0. The largest absolute Gasteiger partial charge is 0.396 e. The Morgan fingerprint density at radius 2 is 2.38 bits per heavy atom. The van der Waals surface area contributed by atoms with Gasteiger partial charge >= 0.3 is 6.03 Å². The fraction of sp³-hybridized carbons (Fsp3) is 0.917. The maximum absolute atomic E-state index is 11.8. The van der Waals surface area contributed by atoms with Gasteiger partial charge in [-0.25, -0.2) is 4.79 Å². The van der Waals surface area contributed by atoms with Crippen LogP contribution in [0.25, 0.3) is 0 Å². The number of amides is 2. The number of rotatable bonds is 5. The van der Waals surface area contributed by atoms with Crippen LogP contribution in [0.4, 0.5) is 4.79 Å². The molecule has 0 aliphatic carbocycles. The number of nitrogens with zero attached hydrogens (tertiary/aromatic N) is 1. The minimum atomic E-state index is 0.0568. The molecule has 2 N–H and O–H groups in total. The fourth-order valence-corrected chi connectivity index (χ4v) is 2.12. The zero-order valence-corrected chi connectivity index (χ0v) is 10.4. The lowest BCUT2D eigenvalue weighted by atomic mass is 10.1. The average Bonchev–Trinajstić information content (AvgIpc) is 2.74. The van der Waals surface area contributed by atoms with Gasteiger partial charge in [0.25, 0.3) is 0 Å². The Morgan fingerprint density at radius 1 is 1.62 bits per heavy atom. The number of hydrogen-bond donors (Lipinski definition) is 2. The minimum Gasteiger partial charge on any atom is -0.396 e. The molecule has 0 aromatic carbocycles. The molecule has 16 heavy (non-hydrogen) atoms. The second-order valence-electron chi connectivity index (χ2n) is 4.73.